The summed E-state index contributed by atoms with van der Waals surface area (Å²) in [6.45, 7) is 3.93. The zero-order chi connectivity index (χ0) is 16.3. The minimum atomic E-state index is -4.34. The van der Waals surface area contributed by atoms with E-state index in [1.54, 1.807) is 24.3 Å². The molecular formula is C16H17F2NO2S. The van der Waals surface area contributed by atoms with Crippen molar-refractivity contribution in [3.63, 3.8) is 0 Å². The SMILES string of the molecule is CC[C@@H](C)c1ccccc1NS(=O)(=O)c1c(F)cccc1F. The van der Waals surface area contributed by atoms with Gasteiger partial charge in [-0.3, -0.25) is 4.72 Å². The summed E-state index contributed by atoms with van der Waals surface area (Å²) in [4.78, 5) is -0.964. The van der Waals surface area contributed by atoms with Gasteiger partial charge in [0.1, 0.15) is 11.6 Å². The number of hydrogen-bond acceptors (Lipinski definition) is 2. The lowest BCUT2D eigenvalue weighted by Crippen LogP contribution is -2.17. The van der Waals surface area contributed by atoms with E-state index in [1.165, 1.54) is 0 Å². The van der Waals surface area contributed by atoms with E-state index in [4.69, 9.17) is 0 Å². The topological polar surface area (TPSA) is 46.2 Å². The van der Waals surface area contributed by atoms with E-state index in [0.717, 1.165) is 30.2 Å². The number of rotatable bonds is 5. The number of nitrogens with one attached hydrogen (secondary N) is 1. The summed E-state index contributed by atoms with van der Waals surface area (Å²) in [7, 11) is -4.34. The normalized spacial score (nSPS) is 12.9. The molecule has 0 aromatic heterocycles. The molecule has 0 spiro atoms. The first kappa shape index (κ1) is 16.4. The van der Waals surface area contributed by atoms with Crippen molar-refractivity contribution in [2.45, 2.75) is 31.1 Å². The third-order valence-corrected chi connectivity index (χ3v) is 4.95. The Morgan fingerprint density at radius 1 is 1.05 bits per heavy atom. The molecule has 3 nitrogen and oxygen atoms in total. The zero-order valence-electron chi connectivity index (χ0n) is 12.3. The Balaban J connectivity index is 2.47. The Kier molecular flexibility index (Phi) is 4.81. The Morgan fingerprint density at radius 2 is 1.64 bits per heavy atom. The van der Waals surface area contributed by atoms with Crippen LogP contribution in [-0.2, 0) is 10.0 Å². The second-order valence-electron chi connectivity index (χ2n) is 5.05. The fourth-order valence-corrected chi connectivity index (χ4v) is 3.40. The van der Waals surface area contributed by atoms with Gasteiger partial charge in [0.05, 0.1) is 5.69 Å². The molecule has 118 valence electrons. The maximum absolute atomic E-state index is 13.7. The molecule has 0 radical (unpaired) electrons. The third kappa shape index (κ3) is 3.27. The molecule has 0 fully saturated rings. The first-order valence-corrected chi connectivity index (χ1v) is 8.41. The average Bonchev–Trinajstić information content (AvgIpc) is 2.46. The summed E-state index contributed by atoms with van der Waals surface area (Å²) in [5, 5.41) is 0. The summed E-state index contributed by atoms with van der Waals surface area (Å²) >= 11 is 0. The molecule has 2 aromatic rings. The number of benzene rings is 2. The van der Waals surface area contributed by atoms with Crippen LogP contribution in [0.15, 0.2) is 47.4 Å². The summed E-state index contributed by atoms with van der Waals surface area (Å²) in [5.74, 6) is -2.12. The van der Waals surface area contributed by atoms with Crippen LogP contribution < -0.4 is 4.72 Å². The molecule has 0 amide bonds. The lowest BCUT2D eigenvalue weighted by molar-refractivity contribution is 0.521. The first-order valence-electron chi connectivity index (χ1n) is 6.92. The lowest BCUT2D eigenvalue weighted by atomic mass is 9.97. The number of halogens is 2. The Hall–Kier alpha value is -1.95. The van der Waals surface area contributed by atoms with E-state index in [0.29, 0.717) is 5.69 Å². The lowest BCUT2D eigenvalue weighted by Gasteiger charge is -2.17. The molecule has 6 heteroatoms. The average molecular weight is 325 g/mol. The zero-order valence-corrected chi connectivity index (χ0v) is 13.1. The molecule has 2 rings (SSSR count). The van der Waals surface area contributed by atoms with Gasteiger partial charge in [-0.25, -0.2) is 17.2 Å². The molecule has 1 atom stereocenters. The van der Waals surface area contributed by atoms with Gasteiger partial charge in [0.15, 0.2) is 4.90 Å². The van der Waals surface area contributed by atoms with Crippen molar-refractivity contribution in [1.82, 2.24) is 0 Å². The number of sulfonamides is 1. The van der Waals surface area contributed by atoms with Gasteiger partial charge in [-0.1, -0.05) is 38.1 Å². The van der Waals surface area contributed by atoms with Crippen LogP contribution in [0.5, 0.6) is 0 Å². The molecule has 1 N–H and O–H groups in total. The Bertz CT molecular complexity index is 755. The van der Waals surface area contributed by atoms with Gasteiger partial charge in [0.25, 0.3) is 10.0 Å². The quantitative estimate of drug-likeness (QED) is 0.892. The largest absolute Gasteiger partial charge is 0.279 e. The van der Waals surface area contributed by atoms with Gasteiger partial charge >= 0.3 is 0 Å². The molecule has 0 unspecified atom stereocenters. The monoisotopic (exact) mass is 325 g/mol. The predicted molar refractivity (Wildman–Crippen MR) is 82.3 cm³/mol. The molecule has 0 aliphatic rings. The van der Waals surface area contributed by atoms with Crippen molar-refractivity contribution < 1.29 is 17.2 Å². The van der Waals surface area contributed by atoms with Crippen molar-refractivity contribution >= 4 is 15.7 Å². The molecule has 22 heavy (non-hydrogen) atoms. The standard InChI is InChI=1S/C16H17F2NO2S/c1-3-11(2)12-7-4-5-10-15(12)19-22(20,21)16-13(17)8-6-9-14(16)18/h4-11,19H,3H2,1-2H3/t11-/m1/s1. The smallest absolute Gasteiger partial charge is 0.267 e. The van der Waals surface area contributed by atoms with Gasteiger partial charge in [-0.15, -0.1) is 0 Å². The van der Waals surface area contributed by atoms with Crippen LogP contribution in [-0.4, -0.2) is 8.42 Å². The maximum Gasteiger partial charge on any atom is 0.267 e. The van der Waals surface area contributed by atoms with E-state index in [1.807, 2.05) is 13.8 Å². The van der Waals surface area contributed by atoms with E-state index in [-0.39, 0.29) is 5.92 Å². The van der Waals surface area contributed by atoms with Crippen LogP contribution >= 0.6 is 0 Å². The van der Waals surface area contributed by atoms with Crippen molar-refractivity contribution in [2.75, 3.05) is 4.72 Å². The molecule has 2 aromatic carbocycles. The van der Waals surface area contributed by atoms with Crippen LogP contribution in [0.2, 0.25) is 0 Å². The van der Waals surface area contributed by atoms with Gasteiger partial charge in [0, 0.05) is 0 Å². The highest BCUT2D eigenvalue weighted by molar-refractivity contribution is 7.92. The van der Waals surface area contributed by atoms with Crippen LogP contribution in [0, 0.1) is 11.6 Å². The van der Waals surface area contributed by atoms with E-state index < -0.39 is 26.6 Å². The number of anilines is 1. The summed E-state index contributed by atoms with van der Waals surface area (Å²) in [5.41, 5.74) is 1.12. The predicted octanol–water partition coefficient (Wildman–Crippen LogP) is 4.28. The fraction of sp³-hybridized carbons (Fsp3) is 0.250. The maximum atomic E-state index is 13.7. The van der Waals surface area contributed by atoms with Gasteiger partial charge in [-0.2, -0.15) is 0 Å². The molecule has 0 bridgehead atoms. The second-order valence-corrected chi connectivity index (χ2v) is 6.67. The highest BCUT2D eigenvalue weighted by Crippen LogP contribution is 2.29. The minimum Gasteiger partial charge on any atom is -0.279 e. The molecule has 0 aliphatic carbocycles. The van der Waals surface area contributed by atoms with Crippen LogP contribution in [0.4, 0.5) is 14.5 Å². The molecular weight excluding hydrogens is 308 g/mol. The van der Waals surface area contributed by atoms with E-state index >= 15 is 0 Å². The third-order valence-electron chi connectivity index (χ3n) is 3.54. The fourth-order valence-electron chi connectivity index (χ4n) is 2.17. The van der Waals surface area contributed by atoms with Crippen molar-refractivity contribution in [1.29, 1.82) is 0 Å². The van der Waals surface area contributed by atoms with E-state index in [9.17, 15) is 17.2 Å². The summed E-state index contributed by atoms with van der Waals surface area (Å²) < 4.78 is 54.4. The highest BCUT2D eigenvalue weighted by atomic mass is 32.2. The van der Waals surface area contributed by atoms with Crippen LogP contribution in [0.25, 0.3) is 0 Å². The summed E-state index contributed by atoms with van der Waals surface area (Å²) in [6, 6.07) is 9.79. The van der Waals surface area contributed by atoms with Crippen molar-refractivity contribution in [3.05, 3.63) is 59.7 Å². The number of hydrogen-bond donors (Lipinski definition) is 1. The van der Waals surface area contributed by atoms with Gasteiger partial charge < -0.3 is 0 Å². The molecule has 0 heterocycles. The molecule has 0 saturated heterocycles. The van der Waals surface area contributed by atoms with Crippen LogP contribution in [0.1, 0.15) is 31.7 Å². The van der Waals surface area contributed by atoms with Gasteiger partial charge in [-0.05, 0) is 36.1 Å². The Morgan fingerprint density at radius 3 is 2.23 bits per heavy atom. The first-order chi connectivity index (χ1) is 10.4. The van der Waals surface area contributed by atoms with Gasteiger partial charge in [0.2, 0.25) is 0 Å². The number of para-hydroxylation sites is 1. The Labute approximate surface area is 129 Å². The minimum absolute atomic E-state index is 0.115. The summed E-state index contributed by atoms with van der Waals surface area (Å²) in [6.07, 6.45) is 0.812. The van der Waals surface area contributed by atoms with E-state index in [2.05, 4.69) is 4.72 Å². The second kappa shape index (κ2) is 6.44. The molecule has 0 aliphatic heterocycles. The highest BCUT2D eigenvalue weighted by Gasteiger charge is 2.25. The van der Waals surface area contributed by atoms with Crippen LogP contribution in [0.3, 0.4) is 0 Å². The van der Waals surface area contributed by atoms with Crippen molar-refractivity contribution in [3.8, 4) is 0 Å². The van der Waals surface area contributed by atoms with Crippen molar-refractivity contribution in [2.24, 2.45) is 0 Å². The molecule has 0 saturated carbocycles.